The van der Waals surface area contributed by atoms with E-state index in [0.29, 0.717) is 5.92 Å². The molecule has 27 heavy (non-hydrogen) atoms. The minimum atomic E-state index is -4.61. The second kappa shape index (κ2) is 9.34. The zero-order valence-electron chi connectivity index (χ0n) is 16.5. The second-order valence-electron chi connectivity index (χ2n) is 8.69. The predicted molar refractivity (Wildman–Crippen MR) is 103 cm³/mol. The van der Waals surface area contributed by atoms with Crippen molar-refractivity contribution < 1.29 is 17.9 Å². The molecule has 0 aliphatic heterocycles. The van der Waals surface area contributed by atoms with Crippen LogP contribution in [0.25, 0.3) is 0 Å². The Hall–Kier alpha value is -1.19. The van der Waals surface area contributed by atoms with Gasteiger partial charge in [-0.15, -0.1) is 13.2 Å². The standard InChI is InChI=1S/C23H33F3O/c1-2-3-4-17-5-7-18(8-6-17)9-10-19-11-12-21-16-22(27-23(24,25)26)14-13-20(21)15-19/h13-14,16-19H,2-12,15H2,1H3. The Labute approximate surface area is 161 Å². The van der Waals surface area contributed by atoms with E-state index in [1.54, 1.807) is 6.07 Å². The summed E-state index contributed by atoms with van der Waals surface area (Å²) in [6.07, 6.45) is 10.7. The summed E-state index contributed by atoms with van der Waals surface area (Å²) in [5, 5.41) is 0. The lowest BCUT2D eigenvalue weighted by Crippen LogP contribution is -2.19. The summed E-state index contributed by atoms with van der Waals surface area (Å²) in [4.78, 5) is 0. The van der Waals surface area contributed by atoms with Crippen LogP contribution in [0.1, 0.15) is 82.3 Å². The van der Waals surface area contributed by atoms with Gasteiger partial charge in [-0.25, -0.2) is 0 Å². The van der Waals surface area contributed by atoms with Gasteiger partial charge in [0.15, 0.2) is 0 Å². The second-order valence-corrected chi connectivity index (χ2v) is 8.69. The summed E-state index contributed by atoms with van der Waals surface area (Å²) in [5.41, 5.74) is 2.24. The highest BCUT2D eigenvalue weighted by molar-refractivity contribution is 5.37. The topological polar surface area (TPSA) is 9.23 Å². The first-order chi connectivity index (χ1) is 12.9. The third kappa shape index (κ3) is 6.43. The molecule has 0 heterocycles. The van der Waals surface area contributed by atoms with Crippen LogP contribution in [0.4, 0.5) is 13.2 Å². The number of halogens is 3. The maximum atomic E-state index is 12.4. The number of unbranched alkanes of at least 4 members (excludes halogenated alkanes) is 1. The molecule has 1 atom stereocenters. The molecule has 2 aliphatic rings. The highest BCUT2D eigenvalue weighted by atomic mass is 19.4. The van der Waals surface area contributed by atoms with Crippen molar-refractivity contribution in [1.29, 1.82) is 0 Å². The first-order valence-corrected chi connectivity index (χ1v) is 10.8. The Balaban J connectivity index is 1.43. The zero-order chi connectivity index (χ0) is 19.3. The van der Waals surface area contributed by atoms with Crippen LogP contribution in [0.3, 0.4) is 0 Å². The van der Waals surface area contributed by atoms with E-state index in [1.165, 1.54) is 69.4 Å². The summed E-state index contributed by atoms with van der Waals surface area (Å²) in [7, 11) is 0. The van der Waals surface area contributed by atoms with Gasteiger partial charge in [0.1, 0.15) is 5.75 Å². The van der Waals surface area contributed by atoms with E-state index < -0.39 is 6.36 Å². The van der Waals surface area contributed by atoms with Gasteiger partial charge in [-0.3, -0.25) is 0 Å². The molecule has 152 valence electrons. The number of benzene rings is 1. The summed E-state index contributed by atoms with van der Waals surface area (Å²) in [5.74, 6) is 2.46. The molecule has 0 N–H and O–H groups in total. The summed E-state index contributed by atoms with van der Waals surface area (Å²) < 4.78 is 41.2. The maximum Gasteiger partial charge on any atom is 0.573 e. The number of hydrogen-bond donors (Lipinski definition) is 0. The molecule has 0 spiro atoms. The lowest BCUT2D eigenvalue weighted by atomic mass is 9.75. The molecule has 1 aromatic rings. The van der Waals surface area contributed by atoms with Crippen LogP contribution in [-0.2, 0) is 12.8 Å². The summed E-state index contributed by atoms with van der Waals surface area (Å²) in [6, 6.07) is 4.88. The smallest absolute Gasteiger partial charge is 0.406 e. The Kier molecular flexibility index (Phi) is 7.10. The number of alkyl halides is 3. The molecule has 0 radical (unpaired) electrons. The van der Waals surface area contributed by atoms with Crippen molar-refractivity contribution >= 4 is 0 Å². The zero-order valence-corrected chi connectivity index (χ0v) is 16.5. The molecule has 3 rings (SSSR count). The van der Waals surface area contributed by atoms with Gasteiger partial charge in [0, 0.05) is 0 Å². The van der Waals surface area contributed by atoms with E-state index in [0.717, 1.165) is 36.7 Å². The molecular formula is C23H33F3O. The molecule has 1 aromatic carbocycles. The van der Waals surface area contributed by atoms with E-state index in [2.05, 4.69) is 11.7 Å². The van der Waals surface area contributed by atoms with Crippen molar-refractivity contribution in [2.24, 2.45) is 17.8 Å². The van der Waals surface area contributed by atoms with Gasteiger partial charge >= 0.3 is 6.36 Å². The molecule has 1 fully saturated rings. The number of aryl methyl sites for hydroxylation is 1. The molecule has 2 aliphatic carbocycles. The molecular weight excluding hydrogens is 349 g/mol. The molecule has 4 heteroatoms. The maximum absolute atomic E-state index is 12.4. The molecule has 0 bridgehead atoms. The monoisotopic (exact) mass is 382 g/mol. The van der Waals surface area contributed by atoms with Crippen molar-refractivity contribution in [2.45, 2.75) is 90.3 Å². The van der Waals surface area contributed by atoms with Crippen LogP contribution in [-0.4, -0.2) is 6.36 Å². The number of hydrogen-bond acceptors (Lipinski definition) is 1. The quantitative estimate of drug-likeness (QED) is 0.475. The van der Waals surface area contributed by atoms with Crippen molar-refractivity contribution in [3.63, 3.8) is 0 Å². The average Bonchev–Trinajstić information content (AvgIpc) is 2.64. The first kappa shape index (κ1) is 20.5. The van der Waals surface area contributed by atoms with Crippen molar-refractivity contribution in [1.82, 2.24) is 0 Å². The van der Waals surface area contributed by atoms with E-state index in [1.807, 2.05) is 6.07 Å². The van der Waals surface area contributed by atoms with Crippen molar-refractivity contribution in [3.05, 3.63) is 29.3 Å². The van der Waals surface area contributed by atoms with Crippen LogP contribution in [0.2, 0.25) is 0 Å². The van der Waals surface area contributed by atoms with Crippen molar-refractivity contribution in [3.8, 4) is 5.75 Å². The summed E-state index contributed by atoms with van der Waals surface area (Å²) >= 11 is 0. The van der Waals surface area contributed by atoms with E-state index in [-0.39, 0.29) is 5.75 Å². The third-order valence-corrected chi connectivity index (χ3v) is 6.66. The van der Waals surface area contributed by atoms with Gasteiger partial charge in [-0.2, -0.15) is 0 Å². The molecule has 0 saturated heterocycles. The Morgan fingerprint density at radius 2 is 1.56 bits per heavy atom. The van der Waals surface area contributed by atoms with Gasteiger partial charge in [0.05, 0.1) is 0 Å². The highest BCUT2D eigenvalue weighted by Crippen LogP contribution is 2.37. The SMILES string of the molecule is CCCCC1CCC(CCC2CCc3cc(OC(F)(F)F)ccc3C2)CC1. The molecule has 1 saturated carbocycles. The minimum Gasteiger partial charge on any atom is -0.406 e. The van der Waals surface area contributed by atoms with Gasteiger partial charge in [0.2, 0.25) is 0 Å². The highest BCUT2D eigenvalue weighted by Gasteiger charge is 2.31. The average molecular weight is 383 g/mol. The Morgan fingerprint density at radius 3 is 2.22 bits per heavy atom. The van der Waals surface area contributed by atoms with Crippen LogP contribution in [0, 0.1) is 17.8 Å². The lowest BCUT2D eigenvalue weighted by molar-refractivity contribution is -0.274. The van der Waals surface area contributed by atoms with Crippen LogP contribution in [0.5, 0.6) is 5.75 Å². The molecule has 0 amide bonds. The summed E-state index contributed by atoms with van der Waals surface area (Å²) in [6.45, 7) is 2.28. The Bertz CT molecular complexity index is 588. The number of rotatable bonds is 7. The van der Waals surface area contributed by atoms with E-state index in [9.17, 15) is 13.2 Å². The number of fused-ring (bicyclic) bond motifs is 1. The third-order valence-electron chi connectivity index (χ3n) is 6.66. The van der Waals surface area contributed by atoms with Gasteiger partial charge in [-0.1, -0.05) is 64.4 Å². The first-order valence-electron chi connectivity index (χ1n) is 10.8. The molecule has 1 unspecified atom stereocenters. The minimum absolute atomic E-state index is 0.0838. The van der Waals surface area contributed by atoms with Crippen LogP contribution >= 0.6 is 0 Å². The predicted octanol–water partition coefficient (Wildman–Crippen LogP) is 7.47. The van der Waals surface area contributed by atoms with Gasteiger partial charge in [-0.05, 0) is 66.7 Å². The molecule has 1 nitrogen and oxygen atoms in total. The van der Waals surface area contributed by atoms with E-state index in [4.69, 9.17) is 0 Å². The lowest BCUT2D eigenvalue weighted by Gasteiger charge is -2.31. The Morgan fingerprint density at radius 1 is 0.889 bits per heavy atom. The normalized spacial score (nSPS) is 25.9. The van der Waals surface area contributed by atoms with Gasteiger partial charge in [0.25, 0.3) is 0 Å². The fourth-order valence-corrected chi connectivity index (χ4v) is 5.02. The largest absolute Gasteiger partial charge is 0.573 e. The fourth-order valence-electron chi connectivity index (χ4n) is 5.02. The van der Waals surface area contributed by atoms with Crippen molar-refractivity contribution in [2.75, 3.05) is 0 Å². The fraction of sp³-hybridized carbons (Fsp3) is 0.739. The van der Waals surface area contributed by atoms with Crippen LogP contribution < -0.4 is 4.74 Å². The van der Waals surface area contributed by atoms with E-state index >= 15 is 0 Å². The number of ether oxygens (including phenoxy) is 1. The van der Waals surface area contributed by atoms with Crippen LogP contribution in [0.15, 0.2) is 18.2 Å². The van der Waals surface area contributed by atoms with Gasteiger partial charge < -0.3 is 4.74 Å². The molecule has 0 aromatic heterocycles.